The van der Waals surface area contributed by atoms with Crippen LogP contribution in [-0.4, -0.2) is 0 Å². The van der Waals surface area contributed by atoms with Crippen LogP contribution in [0.2, 0.25) is 0 Å². The van der Waals surface area contributed by atoms with Crippen LogP contribution in [-0.2, 0) is 10.7 Å². The Kier molecular flexibility index (Phi) is 14.0. The summed E-state index contributed by atoms with van der Waals surface area (Å²) in [6.07, 6.45) is 15.2. The number of hydrogen-bond donors (Lipinski definition) is 0. The van der Waals surface area contributed by atoms with E-state index in [4.69, 9.17) is 22.3 Å². The molecule has 0 aliphatic rings. The number of ether oxygens (including phenoxy) is 2. The van der Waals surface area contributed by atoms with Crippen LogP contribution in [0.15, 0.2) is 60.7 Å². The smallest absolute Gasteiger partial charge is 0.140 e. The molecule has 0 saturated carbocycles. The van der Waals surface area contributed by atoms with Crippen molar-refractivity contribution in [2.45, 2.75) is 10.7 Å². The van der Waals surface area contributed by atoms with Gasteiger partial charge in [-0.3, -0.25) is 0 Å². The van der Waals surface area contributed by atoms with Crippen molar-refractivity contribution in [2.75, 3.05) is 0 Å². The predicted octanol–water partition coefficient (Wildman–Crippen LogP) is 6.78. The third kappa shape index (κ3) is 10.7. The zero-order valence-corrected chi connectivity index (χ0v) is 26.1. The molecule has 3 aromatic carbocycles. The molecule has 3 rings (SSSR count). The zero-order valence-electron chi connectivity index (χ0n) is 22.9. The molecular weight excluding hydrogens is 672 g/mol. The van der Waals surface area contributed by atoms with E-state index in [1.165, 1.54) is 0 Å². The lowest BCUT2D eigenvalue weighted by atomic mass is 9.90. The summed E-state index contributed by atoms with van der Waals surface area (Å²) in [7, 11) is 0. The average Bonchev–Trinajstić information content (AvgIpc) is 3.06. The molecule has 0 bridgehead atoms. The van der Waals surface area contributed by atoms with E-state index in [-0.39, 0.29) is 0 Å². The maximum atomic E-state index is 5.61. The van der Waals surface area contributed by atoms with Crippen LogP contribution >= 0.6 is 31.9 Å². The summed E-state index contributed by atoms with van der Waals surface area (Å²) in [6, 6.07) is 19.7. The molecule has 0 N–H and O–H groups in total. The summed E-state index contributed by atoms with van der Waals surface area (Å²) in [5.41, 5.74) is 6.23. The van der Waals surface area contributed by atoms with E-state index in [2.05, 4.69) is 151 Å². The Morgan fingerprint density at radius 1 is 0.500 bits per heavy atom. The summed E-state index contributed by atoms with van der Waals surface area (Å²) in [4.78, 5) is 0. The van der Waals surface area contributed by atoms with Gasteiger partial charge in [-0.05, 0) is 117 Å². The number of benzene rings is 3. The standard InChI is InChI=1S/C40H16Br2O2/c1-3-5-7-9-11-13-15-17-25-43-36-23-19-21-34(29-36)38-27-33(31-41)28-39(40(38)32-42)35-22-20-24-37(30-35)44-26-18-16-14-12-10-8-6-4-2/h1-2,19-24,27-30H,31-32H2. The van der Waals surface area contributed by atoms with Crippen molar-refractivity contribution in [1.29, 1.82) is 0 Å². The van der Waals surface area contributed by atoms with Gasteiger partial charge < -0.3 is 9.47 Å². The highest BCUT2D eigenvalue weighted by Crippen LogP contribution is 2.38. The third-order valence-electron chi connectivity index (χ3n) is 5.22. The van der Waals surface area contributed by atoms with Gasteiger partial charge in [-0.2, -0.15) is 0 Å². The molecule has 2 nitrogen and oxygen atoms in total. The lowest BCUT2D eigenvalue weighted by Crippen LogP contribution is -1.96. The van der Waals surface area contributed by atoms with E-state index in [1.807, 2.05) is 48.5 Å². The number of hydrogen-bond acceptors (Lipinski definition) is 2. The second-order valence-electron chi connectivity index (χ2n) is 7.94. The van der Waals surface area contributed by atoms with E-state index in [9.17, 15) is 0 Å². The van der Waals surface area contributed by atoms with Crippen molar-refractivity contribution in [1.82, 2.24) is 0 Å². The second kappa shape index (κ2) is 19.0. The van der Waals surface area contributed by atoms with Gasteiger partial charge in [0.05, 0.1) is 0 Å². The highest BCUT2D eigenvalue weighted by atomic mass is 79.9. The summed E-state index contributed by atoms with van der Waals surface area (Å²) in [5.74, 6) is 40.8. The molecular formula is C40H16Br2O2. The molecule has 44 heavy (non-hydrogen) atoms. The van der Waals surface area contributed by atoms with E-state index < -0.39 is 0 Å². The van der Waals surface area contributed by atoms with Crippen LogP contribution in [0.4, 0.5) is 0 Å². The molecule has 0 aliphatic heterocycles. The Labute approximate surface area is 276 Å². The summed E-state index contributed by atoms with van der Waals surface area (Å²) in [5, 5.41) is 1.28. The van der Waals surface area contributed by atoms with E-state index in [1.54, 1.807) is 0 Å². The van der Waals surface area contributed by atoms with Gasteiger partial charge in [0.15, 0.2) is 0 Å². The van der Waals surface area contributed by atoms with E-state index in [0.29, 0.717) is 22.2 Å². The SMILES string of the molecule is C#CC#CC#CC#CC#COc1cccc(-c2cc(CBr)cc(-c3cccc(OC#CC#CC#CC#CC#C)c3)c2CBr)c1. The first-order valence-corrected chi connectivity index (χ1v) is 14.7. The van der Waals surface area contributed by atoms with Crippen molar-refractivity contribution in [3.8, 4) is 154 Å². The van der Waals surface area contributed by atoms with Gasteiger partial charge >= 0.3 is 0 Å². The van der Waals surface area contributed by atoms with Crippen molar-refractivity contribution in [3.05, 3.63) is 71.8 Å². The Balaban J connectivity index is 1.89. The maximum absolute atomic E-state index is 5.61. The Morgan fingerprint density at radius 2 is 0.909 bits per heavy atom. The highest BCUT2D eigenvalue weighted by molar-refractivity contribution is 9.08. The fourth-order valence-electron chi connectivity index (χ4n) is 3.53. The monoisotopic (exact) mass is 686 g/mol. The van der Waals surface area contributed by atoms with Crippen LogP contribution in [0.5, 0.6) is 11.5 Å². The van der Waals surface area contributed by atoms with Crippen molar-refractivity contribution in [2.24, 2.45) is 0 Å². The minimum atomic E-state index is 0.581. The lowest BCUT2D eigenvalue weighted by molar-refractivity contribution is 0.520. The lowest BCUT2D eigenvalue weighted by Gasteiger charge is -2.17. The van der Waals surface area contributed by atoms with Gasteiger partial charge in [-0.1, -0.05) is 56.1 Å². The molecule has 0 aromatic heterocycles. The predicted molar refractivity (Wildman–Crippen MR) is 184 cm³/mol. The number of rotatable bonds is 6. The fourth-order valence-corrected chi connectivity index (χ4v) is 4.45. The van der Waals surface area contributed by atoms with Gasteiger partial charge in [0, 0.05) is 58.0 Å². The highest BCUT2D eigenvalue weighted by Gasteiger charge is 2.15. The Hall–Kier alpha value is -6.18. The van der Waals surface area contributed by atoms with Crippen LogP contribution in [0.3, 0.4) is 0 Å². The molecule has 0 amide bonds. The summed E-state index contributed by atoms with van der Waals surface area (Å²) in [6.45, 7) is 0. The average molecular weight is 688 g/mol. The minimum Gasteiger partial charge on any atom is -0.407 e. The molecule has 0 fully saturated rings. The first-order chi connectivity index (χ1) is 21.7. The fraction of sp³-hybridized carbons (Fsp3) is 0.0500. The first kappa shape index (κ1) is 32.3. The van der Waals surface area contributed by atoms with Crippen molar-refractivity contribution >= 4 is 31.9 Å². The summed E-state index contributed by atoms with van der Waals surface area (Å²) >= 11 is 7.32. The van der Waals surface area contributed by atoms with Gasteiger partial charge in [0.25, 0.3) is 0 Å². The zero-order chi connectivity index (χ0) is 31.2. The van der Waals surface area contributed by atoms with Crippen LogP contribution in [0.1, 0.15) is 11.1 Å². The van der Waals surface area contributed by atoms with Gasteiger partial charge in [0.1, 0.15) is 23.7 Å². The van der Waals surface area contributed by atoms with Crippen LogP contribution in [0.25, 0.3) is 22.3 Å². The second-order valence-corrected chi connectivity index (χ2v) is 9.06. The Bertz CT molecular complexity index is 2020. The normalized spacial score (nSPS) is 7.82. The Morgan fingerprint density at radius 3 is 1.30 bits per heavy atom. The largest absolute Gasteiger partial charge is 0.407 e. The van der Waals surface area contributed by atoms with Gasteiger partial charge in [-0.15, -0.1) is 12.8 Å². The molecule has 0 heterocycles. The molecule has 4 heteroatoms. The van der Waals surface area contributed by atoms with Gasteiger partial charge in [-0.25, -0.2) is 0 Å². The van der Waals surface area contributed by atoms with Crippen molar-refractivity contribution in [3.63, 3.8) is 0 Å². The number of alkyl halides is 2. The first-order valence-electron chi connectivity index (χ1n) is 12.4. The van der Waals surface area contributed by atoms with E-state index in [0.717, 1.165) is 33.4 Å². The van der Waals surface area contributed by atoms with E-state index >= 15 is 0 Å². The van der Waals surface area contributed by atoms with Crippen molar-refractivity contribution < 1.29 is 9.47 Å². The number of halogens is 2. The minimum absolute atomic E-state index is 0.581. The van der Waals surface area contributed by atoms with Crippen LogP contribution < -0.4 is 9.47 Å². The quantitative estimate of drug-likeness (QED) is 0.210. The molecule has 0 atom stereocenters. The van der Waals surface area contributed by atoms with Gasteiger partial charge in [0.2, 0.25) is 0 Å². The molecule has 0 aliphatic carbocycles. The molecule has 0 radical (unpaired) electrons. The molecule has 0 spiro atoms. The molecule has 0 saturated heterocycles. The molecule has 0 unspecified atom stereocenters. The van der Waals surface area contributed by atoms with Crippen LogP contribution in [0, 0.1) is 120 Å². The number of terminal acetylenes is 2. The topological polar surface area (TPSA) is 18.5 Å². The molecule has 3 aromatic rings. The maximum Gasteiger partial charge on any atom is 0.140 e. The third-order valence-corrected chi connectivity index (χ3v) is 6.43. The summed E-state index contributed by atoms with van der Waals surface area (Å²) < 4.78 is 11.2. The molecule has 202 valence electrons.